The number of benzene rings is 3. The first-order valence-electron chi connectivity index (χ1n) is 22.1. The average Bonchev–Trinajstić information content (AvgIpc) is 3.61. The van der Waals surface area contributed by atoms with Crippen LogP contribution in [0, 0.1) is 11.8 Å². The number of methoxy groups -OCH3 is 2. The van der Waals surface area contributed by atoms with Gasteiger partial charge in [0.25, 0.3) is 0 Å². The second-order valence-corrected chi connectivity index (χ2v) is 17.2. The summed E-state index contributed by atoms with van der Waals surface area (Å²) in [5.41, 5.74) is 5.89. The highest BCUT2D eigenvalue weighted by Gasteiger charge is 2.52. The number of nitrogens with zero attached hydrogens (tertiary/aromatic N) is 3. The lowest BCUT2D eigenvalue weighted by Crippen LogP contribution is -2.51. The van der Waals surface area contributed by atoms with Crippen molar-refractivity contribution in [2.45, 2.75) is 109 Å². The molecule has 2 aromatic heterocycles. The zero-order valence-electron chi connectivity index (χ0n) is 36.5. The van der Waals surface area contributed by atoms with Gasteiger partial charge in [-0.05, 0) is 80.0 Å². The largest absolute Gasteiger partial charge is 0.457 e. The van der Waals surface area contributed by atoms with Crippen molar-refractivity contribution >= 4 is 45.8 Å². The van der Waals surface area contributed by atoms with Crippen LogP contribution in [0.25, 0.3) is 33.1 Å². The minimum Gasteiger partial charge on any atom is -0.457 e. The average molecular weight is 847 g/mol. The van der Waals surface area contributed by atoms with Crippen molar-refractivity contribution in [3.63, 3.8) is 0 Å². The van der Waals surface area contributed by atoms with Crippen molar-refractivity contribution in [2.24, 2.45) is 11.8 Å². The number of fused-ring (bicyclic) bond motifs is 7. The first-order valence-corrected chi connectivity index (χ1v) is 22.1. The van der Waals surface area contributed by atoms with Crippen LogP contribution in [-0.2, 0) is 30.9 Å². The summed E-state index contributed by atoms with van der Waals surface area (Å²) in [6.07, 6.45) is 8.09. The topological polar surface area (TPSA) is 193 Å². The number of carbonyl (C=O) groups is 4. The first kappa shape index (κ1) is 42.6. The second kappa shape index (κ2) is 17.7. The summed E-state index contributed by atoms with van der Waals surface area (Å²) in [5, 5.41) is 10.5. The number of rotatable bonds is 15. The van der Waals surface area contributed by atoms with E-state index >= 15 is 0 Å². The molecule has 2 fully saturated rings. The van der Waals surface area contributed by atoms with E-state index in [-0.39, 0.29) is 35.1 Å². The molecule has 0 radical (unpaired) electrons. The van der Waals surface area contributed by atoms with Gasteiger partial charge in [-0.1, -0.05) is 58.7 Å². The van der Waals surface area contributed by atoms with Crippen LogP contribution in [0.2, 0.25) is 0 Å². The zero-order valence-corrected chi connectivity index (χ0v) is 36.5. The number of amides is 4. The van der Waals surface area contributed by atoms with Gasteiger partial charge in [0.2, 0.25) is 11.8 Å². The van der Waals surface area contributed by atoms with Crippen LogP contribution in [0.3, 0.4) is 0 Å². The summed E-state index contributed by atoms with van der Waals surface area (Å²) in [5.74, 6) is 2.91. The number of unbranched alkanes of at least 4 members (excludes halogenated alkanes) is 1. The van der Waals surface area contributed by atoms with Crippen LogP contribution in [0.5, 0.6) is 11.5 Å². The fraction of sp³-hybridized carbons (Fsp3) is 0.489. The molecule has 4 heterocycles. The van der Waals surface area contributed by atoms with Gasteiger partial charge in [0.05, 0.1) is 43.2 Å². The molecule has 5 aromatic rings. The van der Waals surface area contributed by atoms with E-state index in [9.17, 15) is 19.2 Å². The number of carbonyl (C=O) groups excluding carboxylic acids is 4. The summed E-state index contributed by atoms with van der Waals surface area (Å²) < 4.78 is 16.3. The molecule has 2 unspecified atom stereocenters. The summed E-state index contributed by atoms with van der Waals surface area (Å²) in [6.45, 7) is 8.98. The summed E-state index contributed by atoms with van der Waals surface area (Å²) in [4.78, 5) is 69.5. The van der Waals surface area contributed by atoms with Crippen molar-refractivity contribution < 1.29 is 33.4 Å². The molecular weight excluding hydrogens is 789 g/mol. The third-order valence-corrected chi connectivity index (χ3v) is 13.4. The van der Waals surface area contributed by atoms with E-state index in [2.05, 4.69) is 67.3 Å². The molecule has 4 amide bonds. The molecule has 5 N–H and O–H groups in total. The minimum atomic E-state index is -0.687. The zero-order chi connectivity index (χ0) is 43.7. The maximum atomic E-state index is 14.0. The van der Waals surface area contributed by atoms with Gasteiger partial charge in [0.1, 0.15) is 35.2 Å². The van der Waals surface area contributed by atoms with Gasteiger partial charge in [-0.25, -0.2) is 19.6 Å². The lowest BCUT2D eigenvalue weighted by Gasteiger charge is -2.30. The minimum absolute atomic E-state index is 0.0264. The summed E-state index contributed by atoms with van der Waals surface area (Å²) >= 11 is 0. The third kappa shape index (κ3) is 8.16. The number of aromatic nitrogens is 4. The fourth-order valence-electron chi connectivity index (χ4n) is 9.18. The van der Waals surface area contributed by atoms with Crippen molar-refractivity contribution in [1.29, 1.82) is 0 Å². The molecule has 8 rings (SSSR count). The Morgan fingerprint density at radius 2 is 1.63 bits per heavy atom. The second-order valence-electron chi connectivity index (χ2n) is 17.2. The van der Waals surface area contributed by atoms with E-state index in [0.29, 0.717) is 13.1 Å². The van der Waals surface area contributed by atoms with Crippen molar-refractivity contribution in [3.05, 3.63) is 71.4 Å². The van der Waals surface area contributed by atoms with Crippen molar-refractivity contribution in [3.8, 4) is 22.8 Å². The molecule has 0 bridgehead atoms. The molecule has 5 atom stereocenters. The highest BCUT2D eigenvalue weighted by atomic mass is 16.5. The monoisotopic (exact) mass is 846 g/mol. The standard InChI is InChI=1S/C47H58N8O7/c1-7-26(3)39(53-45(58)60-5)43(56)48-20-10-9-13-38-49-25-34(50-38)29-14-16-31-36(23-29)62-37-22-28-15-17-33-41(30(28)24-32(37)47(31)18-19-47)52-42(51-33)35-12-11-21-55(35)44(57)40(27(4)8-2)54-46(59)61-6/h14-17,22-27,35,39-40H,7-13,18-21H2,1-6H3,(H,48,56)(H,49,50)(H,51,52)(H,53,58)(H,54,59)/t26?,27-,35-,39?,40-/m0/s1. The Hall–Kier alpha value is -6.12. The number of likely N-dealkylation sites (tertiary alicyclic amines) is 1. The van der Waals surface area contributed by atoms with Gasteiger partial charge in [0, 0.05) is 47.0 Å². The van der Waals surface area contributed by atoms with Gasteiger partial charge >= 0.3 is 12.2 Å². The predicted octanol–water partition coefficient (Wildman–Crippen LogP) is 7.94. The van der Waals surface area contributed by atoms with Crippen LogP contribution < -0.4 is 20.7 Å². The molecule has 1 saturated heterocycles. The number of aromatic amines is 2. The molecule has 15 heteroatoms. The molecule has 1 saturated carbocycles. The number of alkyl carbamates (subject to hydrolysis) is 2. The number of ether oxygens (including phenoxy) is 3. The SMILES string of the molecule is CCC(C)C(NC(=O)OC)C(=O)NCCCCc1ncc(-c2ccc3c(c2)Oc2cc4ccc5[nH]c([C@@H]6CCCN6C(=O)[C@@H](NC(=O)OC)[C@@H](C)CC)nc5c4cc2C32CC2)[nH]1. The Bertz CT molecular complexity index is 2490. The first-order chi connectivity index (χ1) is 30.0. The molecule has 3 aromatic carbocycles. The van der Waals surface area contributed by atoms with Crippen molar-refractivity contribution in [2.75, 3.05) is 27.3 Å². The number of imidazole rings is 2. The molecule has 1 spiro atoms. The van der Waals surface area contributed by atoms with Crippen LogP contribution in [0.15, 0.2) is 48.7 Å². The van der Waals surface area contributed by atoms with Gasteiger partial charge in [-0.15, -0.1) is 0 Å². The molecule has 62 heavy (non-hydrogen) atoms. The summed E-state index contributed by atoms with van der Waals surface area (Å²) in [7, 11) is 2.60. The van der Waals surface area contributed by atoms with E-state index in [1.807, 2.05) is 44.9 Å². The van der Waals surface area contributed by atoms with E-state index in [0.717, 1.165) is 114 Å². The summed E-state index contributed by atoms with van der Waals surface area (Å²) in [6, 6.07) is 13.4. The maximum absolute atomic E-state index is 14.0. The highest BCUT2D eigenvalue weighted by Crippen LogP contribution is 2.62. The predicted molar refractivity (Wildman–Crippen MR) is 235 cm³/mol. The number of hydrogen-bond donors (Lipinski definition) is 5. The quantitative estimate of drug-likeness (QED) is 0.0651. The molecular formula is C47H58N8O7. The van der Waals surface area contributed by atoms with Crippen LogP contribution >= 0.6 is 0 Å². The van der Waals surface area contributed by atoms with E-state index < -0.39 is 24.3 Å². The van der Waals surface area contributed by atoms with Crippen LogP contribution in [0.4, 0.5) is 9.59 Å². The highest BCUT2D eigenvalue weighted by molar-refractivity contribution is 6.05. The number of nitrogens with one attached hydrogen (secondary N) is 5. The Kier molecular flexibility index (Phi) is 12.2. The molecule has 2 aliphatic heterocycles. The number of hydrogen-bond acceptors (Lipinski definition) is 9. The van der Waals surface area contributed by atoms with Crippen LogP contribution in [-0.4, -0.2) is 88.2 Å². The Labute approximate surface area is 361 Å². The molecule has 3 aliphatic rings. The van der Waals surface area contributed by atoms with Gasteiger partial charge < -0.3 is 45.0 Å². The lowest BCUT2D eigenvalue weighted by molar-refractivity contribution is -0.135. The van der Waals surface area contributed by atoms with Gasteiger partial charge in [-0.2, -0.15) is 0 Å². The normalized spacial score (nSPS) is 18.0. The Morgan fingerprint density at radius 1 is 0.903 bits per heavy atom. The van der Waals surface area contributed by atoms with E-state index in [4.69, 9.17) is 19.2 Å². The Morgan fingerprint density at radius 3 is 2.35 bits per heavy atom. The van der Waals surface area contributed by atoms with E-state index in [1.165, 1.54) is 25.3 Å². The molecule has 328 valence electrons. The fourth-order valence-corrected chi connectivity index (χ4v) is 9.18. The molecule has 1 aliphatic carbocycles. The maximum Gasteiger partial charge on any atom is 0.407 e. The number of aryl methyl sites for hydroxylation is 1. The molecule has 15 nitrogen and oxygen atoms in total. The van der Waals surface area contributed by atoms with Crippen molar-refractivity contribution in [1.82, 2.24) is 40.8 Å². The number of H-pyrrole nitrogens is 2. The van der Waals surface area contributed by atoms with Gasteiger partial charge in [-0.3, -0.25) is 9.59 Å². The van der Waals surface area contributed by atoms with E-state index in [1.54, 1.807) is 0 Å². The Balaban J connectivity index is 0.956. The smallest absolute Gasteiger partial charge is 0.407 e. The van der Waals surface area contributed by atoms with Crippen LogP contribution in [0.1, 0.15) is 108 Å². The lowest BCUT2D eigenvalue weighted by atomic mass is 9.83. The van der Waals surface area contributed by atoms with Gasteiger partial charge in [0.15, 0.2) is 0 Å². The third-order valence-electron chi connectivity index (χ3n) is 13.4.